The molecule has 0 radical (unpaired) electrons. The molecular weight excluding hydrogens is 554 g/mol. The van der Waals surface area contributed by atoms with Crippen molar-refractivity contribution in [1.82, 2.24) is 0 Å². The van der Waals surface area contributed by atoms with Gasteiger partial charge in [-0.05, 0) is 54.3 Å². The highest BCUT2D eigenvalue weighted by atomic mass is 16.5. The van der Waals surface area contributed by atoms with Gasteiger partial charge in [-0.25, -0.2) is 0 Å². The number of ether oxygens (including phenoxy) is 3. The van der Waals surface area contributed by atoms with Crippen LogP contribution in [0.1, 0.15) is 52.2 Å². The van der Waals surface area contributed by atoms with Crippen LogP contribution < -0.4 is 9.47 Å². The van der Waals surface area contributed by atoms with Gasteiger partial charge in [0.25, 0.3) is 0 Å². The van der Waals surface area contributed by atoms with Gasteiger partial charge in [0.05, 0.1) is 32.8 Å². The van der Waals surface area contributed by atoms with Gasteiger partial charge in [0.2, 0.25) is 0 Å². The van der Waals surface area contributed by atoms with E-state index in [4.69, 9.17) is 14.2 Å². The molecule has 1 saturated carbocycles. The Morgan fingerprint density at radius 1 is 0.818 bits per heavy atom. The van der Waals surface area contributed by atoms with Gasteiger partial charge in [-0.2, -0.15) is 5.26 Å². The van der Waals surface area contributed by atoms with Crippen LogP contribution >= 0.6 is 0 Å². The fourth-order valence-corrected chi connectivity index (χ4v) is 6.73. The molecule has 1 aliphatic carbocycles. The summed E-state index contributed by atoms with van der Waals surface area (Å²) in [5.74, 6) is -3.17. The van der Waals surface area contributed by atoms with Crippen LogP contribution in [-0.4, -0.2) is 37.7 Å². The van der Waals surface area contributed by atoms with E-state index in [1.165, 1.54) is 0 Å². The highest BCUT2D eigenvalue weighted by Gasteiger charge is 2.67. The molecule has 1 N–H and O–H groups in total. The van der Waals surface area contributed by atoms with Crippen LogP contribution in [0.5, 0.6) is 11.5 Å². The number of carbonyl (C=O) groups excluding carboxylic acids is 2. The number of nitriles is 1. The lowest BCUT2D eigenvalue weighted by Crippen LogP contribution is -2.59. The number of Topliss-reactive ketones (excluding diaryl/α,β-unsaturated/α-hetero) is 1. The molecule has 0 unspecified atom stereocenters. The minimum atomic E-state index is -1.89. The second kappa shape index (κ2) is 12.7. The zero-order valence-corrected chi connectivity index (χ0v) is 25.0. The van der Waals surface area contributed by atoms with E-state index in [9.17, 15) is 20.0 Å². The molecule has 1 aliphatic rings. The largest absolute Gasteiger partial charge is 0.497 e. The second-order valence-corrected chi connectivity index (χ2v) is 11.0. The zero-order valence-electron chi connectivity index (χ0n) is 25.0. The Morgan fingerprint density at radius 3 is 1.84 bits per heavy atom. The summed E-state index contributed by atoms with van der Waals surface area (Å²) in [5, 5.41) is 24.2. The van der Waals surface area contributed by atoms with Crippen LogP contribution in [0.4, 0.5) is 0 Å². The average molecular weight is 590 g/mol. The molecule has 0 spiro atoms. The summed E-state index contributed by atoms with van der Waals surface area (Å²) in [6.07, 6.45) is -0.0917. The number of esters is 1. The highest BCUT2D eigenvalue weighted by molar-refractivity contribution is 6.00. The topological polar surface area (TPSA) is 106 Å². The Bertz CT molecular complexity index is 1630. The molecule has 4 aromatic carbocycles. The summed E-state index contributed by atoms with van der Waals surface area (Å²) < 4.78 is 16.5. The lowest BCUT2D eigenvalue weighted by Gasteiger charge is -2.54. The van der Waals surface area contributed by atoms with Crippen LogP contribution in [0.15, 0.2) is 109 Å². The molecule has 0 bridgehead atoms. The van der Waals surface area contributed by atoms with E-state index >= 15 is 0 Å². The summed E-state index contributed by atoms with van der Waals surface area (Å²) in [5.41, 5.74) is -1.63. The molecule has 0 heterocycles. The van der Waals surface area contributed by atoms with E-state index in [0.29, 0.717) is 33.8 Å². The molecule has 5 rings (SSSR count). The summed E-state index contributed by atoms with van der Waals surface area (Å²) in [6, 6.07) is 34.1. The van der Waals surface area contributed by atoms with Crippen LogP contribution in [0.3, 0.4) is 0 Å². The zero-order chi connectivity index (χ0) is 31.3. The molecule has 44 heavy (non-hydrogen) atoms. The first kappa shape index (κ1) is 30.5. The van der Waals surface area contributed by atoms with E-state index < -0.39 is 34.7 Å². The summed E-state index contributed by atoms with van der Waals surface area (Å²) >= 11 is 0. The smallest absolute Gasteiger partial charge is 0.327 e. The van der Waals surface area contributed by atoms with Crippen LogP contribution in [0, 0.1) is 22.7 Å². The minimum absolute atomic E-state index is 0.0349. The Kier molecular flexibility index (Phi) is 8.84. The van der Waals surface area contributed by atoms with E-state index in [-0.39, 0.29) is 18.8 Å². The van der Waals surface area contributed by atoms with Gasteiger partial charge in [0.1, 0.15) is 17.1 Å². The number of benzene rings is 4. The molecule has 0 aliphatic heterocycles. The van der Waals surface area contributed by atoms with Crippen molar-refractivity contribution in [2.75, 3.05) is 20.8 Å². The third-order valence-electron chi connectivity index (χ3n) is 8.81. The maximum atomic E-state index is 14.7. The first-order chi connectivity index (χ1) is 21.3. The molecule has 4 aromatic rings. The number of rotatable bonds is 9. The molecule has 7 nitrogen and oxygen atoms in total. The fraction of sp³-hybridized carbons (Fsp3) is 0.270. The van der Waals surface area contributed by atoms with Gasteiger partial charge in [0, 0.05) is 17.4 Å². The molecular formula is C37H35NO6. The molecule has 0 saturated heterocycles. The number of methoxy groups -OCH3 is 2. The Balaban J connectivity index is 1.88. The number of hydrogen-bond acceptors (Lipinski definition) is 7. The lowest BCUT2D eigenvalue weighted by molar-refractivity contribution is -0.164. The molecule has 224 valence electrons. The molecule has 5 atom stereocenters. The quantitative estimate of drug-likeness (QED) is 0.177. The van der Waals surface area contributed by atoms with Gasteiger partial charge in [-0.1, -0.05) is 84.9 Å². The van der Waals surface area contributed by atoms with Crippen molar-refractivity contribution in [2.24, 2.45) is 11.3 Å². The van der Waals surface area contributed by atoms with Crippen molar-refractivity contribution < 1.29 is 28.9 Å². The first-order valence-corrected chi connectivity index (χ1v) is 14.6. The van der Waals surface area contributed by atoms with E-state index in [1.807, 2.05) is 6.07 Å². The van der Waals surface area contributed by atoms with Crippen molar-refractivity contribution in [1.29, 1.82) is 5.26 Å². The standard InChI is InChI=1S/C37H35NO6/c1-4-44-35(40)36(24-38)31(25-15-19-29(42-2)20-16-25)23-37(41,28-13-9-6-10-14-28)33(34(39)27-11-7-5-8-12-27)32(36)26-17-21-30(43-3)22-18-26/h5-22,31-33,41H,4,23H2,1-3H3/t31-,32+,33+,36+,37-/m0/s1. The van der Waals surface area contributed by atoms with Crippen molar-refractivity contribution in [3.05, 3.63) is 131 Å². The highest BCUT2D eigenvalue weighted by Crippen LogP contribution is 2.64. The van der Waals surface area contributed by atoms with Crippen molar-refractivity contribution in [2.45, 2.75) is 30.8 Å². The number of carbonyl (C=O) groups is 2. The summed E-state index contributed by atoms with van der Waals surface area (Å²) in [4.78, 5) is 29.1. The van der Waals surface area contributed by atoms with E-state index in [1.54, 1.807) is 124 Å². The third kappa shape index (κ3) is 5.23. The summed E-state index contributed by atoms with van der Waals surface area (Å²) in [6.45, 7) is 1.72. The third-order valence-corrected chi connectivity index (χ3v) is 8.81. The Hall–Kier alpha value is -4.93. The molecule has 1 fully saturated rings. The Morgan fingerprint density at radius 2 is 1.34 bits per heavy atom. The van der Waals surface area contributed by atoms with Gasteiger partial charge in [-0.15, -0.1) is 0 Å². The first-order valence-electron chi connectivity index (χ1n) is 14.6. The maximum absolute atomic E-state index is 14.7. The van der Waals surface area contributed by atoms with Crippen molar-refractivity contribution >= 4 is 11.8 Å². The minimum Gasteiger partial charge on any atom is -0.497 e. The van der Waals surface area contributed by atoms with Gasteiger partial charge in [-0.3, -0.25) is 9.59 Å². The molecule has 7 heteroatoms. The van der Waals surface area contributed by atoms with E-state index in [2.05, 4.69) is 6.07 Å². The predicted molar refractivity (Wildman–Crippen MR) is 165 cm³/mol. The molecule has 0 amide bonds. The summed E-state index contributed by atoms with van der Waals surface area (Å²) in [7, 11) is 3.10. The Labute approximate surface area is 257 Å². The van der Waals surface area contributed by atoms with Crippen molar-refractivity contribution in [3.8, 4) is 17.6 Å². The number of nitrogens with zero attached hydrogens (tertiary/aromatic N) is 1. The predicted octanol–water partition coefficient (Wildman–Crippen LogP) is 6.43. The van der Waals surface area contributed by atoms with E-state index in [0.717, 1.165) is 0 Å². The van der Waals surface area contributed by atoms with Crippen LogP contribution in [0.2, 0.25) is 0 Å². The van der Waals surface area contributed by atoms with Gasteiger partial charge < -0.3 is 19.3 Å². The average Bonchev–Trinajstić information content (AvgIpc) is 3.08. The SMILES string of the molecule is CCOC(=O)[C@@]1(C#N)[C@H](c2ccc(OC)cc2)[C@H](C(=O)c2ccccc2)[C@@](O)(c2ccccc2)C[C@H]1c1ccc(OC)cc1. The van der Waals surface area contributed by atoms with Crippen LogP contribution in [0.25, 0.3) is 0 Å². The number of ketones is 1. The maximum Gasteiger partial charge on any atom is 0.327 e. The number of hydrogen-bond donors (Lipinski definition) is 1. The lowest BCUT2D eigenvalue weighted by atomic mass is 9.47. The van der Waals surface area contributed by atoms with Gasteiger partial charge in [0.15, 0.2) is 11.2 Å². The van der Waals surface area contributed by atoms with Gasteiger partial charge >= 0.3 is 5.97 Å². The van der Waals surface area contributed by atoms with Crippen LogP contribution in [-0.2, 0) is 15.1 Å². The molecule has 0 aromatic heterocycles. The monoisotopic (exact) mass is 589 g/mol. The van der Waals surface area contributed by atoms with Crippen molar-refractivity contribution in [3.63, 3.8) is 0 Å². The normalized spacial score (nSPS) is 24.5. The fourth-order valence-electron chi connectivity index (χ4n) is 6.73. The second-order valence-electron chi connectivity index (χ2n) is 11.0. The number of aliphatic hydroxyl groups is 1.